The molecule has 0 amide bonds. The van der Waals surface area contributed by atoms with Crippen molar-refractivity contribution in [3.05, 3.63) is 0 Å². The van der Waals surface area contributed by atoms with Gasteiger partial charge in [-0.3, -0.25) is 0 Å². The molecular weight excluding hydrogens is 364 g/mol. The van der Waals surface area contributed by atoms with Crippen LogP contribution in [-0.4, -0.2) is 11.2 Å². The van der Waals surface area contributed by atoms with Gasteiger partial charge in [0.05, 0.1) is 6.10 Å². The maximum atomic E-state index is 10.3. The first kappa shape index (κ1) is 23.1. The normalized spacial score (nSPS) is 48.0. The summed E-state index contributed by atoms with van der Waals surface area (Å²) in [7, 11) is 0. The quantitative estimate of drug-likeness (QED) is 0.463. The Balaban J connectivity index is 1.45. The maximum absolute atomic E-state index is 10.3. The van der Waals surface area contributed by atoms with Gasteiger partial charge in [0.2, 0.25) is 0 Å². The first-order valence-electron chi connectivity index (χ1n) is 13.9. The van der Waals surface area contributed by atoms with Crippen LogP contribution in [0.4, 0.5) is 0 Å². The van der Waals surface area contributed by atoms with Crippen molar-refractivity contribution in [3.8, 4) is 0 Å². The van der Waals surface area contributed by atoms with E-state index in [1.807, 2.05) is 0 Å². The Morgan fingerprint density at radius 2 is 1.53 bits per heavy atom. The summed E-state index contributed by atoms with van der Waals surface area (Å²) in [5.41, 5.74) is 1.14. The largest absolute Gasteiger partial charge is 0.393 e. The molecule has 1 heteroatoms. The van der Waals surface area contributed by atoms with Gasteiger partial charge in [-0.1, -0.05) is 54.4 Å². The van der Waals surface area contributed by atoms with E-state index in [0.717, 1.165) is 60.2 Å². The molecule has 0 aromatic carbocycles. The molecule has 0 aromatic heterocycles. The first-order chi connectivity index (χ1) is 14.2. The van der Waals surface area contributed by atoms with E-state index in [9.17, 15) is 5.11 Å². The Morgan fingerprint density at radius 3 is 2.23 bits per heavy atom. The van der Waals surface area contributed by atoms with Crippen molar-refractivity contribution < 1.29 is 5.11 Å². The summed E-state index contributed by atoms with van der Waals surface area (Å²) in [5.74, 6) is 7.34. The second-order valence-electron chi connectivity index (χ2n) is 13.3. The van der Waals surface area contributed by atoms with Crippen LogP contribution in [0.5, 0.6) is 0 Å². The molecule has 4 rings (SSSR count). The minimum atomic E-state index is -0.0111. The number of rotatable bonds is 6. The number of fused-ring (bicyclic) bond motifs is 5. The van der Waals surface area contributed by atoms with Crippen molar-refractivity contribution in [2.75, 3.05) is 0 Å². The molecule has 4 saturated carbocycles. The molecule has 4 aliphatic rings. The molecule has 1 nitrogen and oxygen atoms in total. The second-order valence-corrected chi connectivity index (χ2v) is 13.3. The van der Waals surface area contributed by atoms with E-state index in [-0.39, 0.29) is 6.10 Å². The van der Waals surface area contributed by atoms with Gasteiger partial charge in [-0.15, -0.1) is 0 Å². The van der Waals surface area contributed by atoms with Crippen molar-refractivity contribution >= 4 is 0 Å². The van der Waals surface area contributed by atoms with Crippen molar-refractivity contribution in [2.24, 2.45) is 58.2 Å². The maximum Gasteiger partial charge on any atom is 0.0543 e. The van der Waals surface area contributed by atoms with E-state index >= 15 is 0 Å². The lowest BCUT2D eigenvalue weighted by molar-refractivity contribution is -0.129. The fourth-order valence-electron chi connectivity index (χ4n) is 9.90. The molecular formula is C29H52O. The van der Waals surface area contributed by atoms with E-state index in [0.29, 0.717) is 10.8 Å². The smallest absolute Gasteiger partial charge is 0.0543 e. The molecule has 10 atom stereocenters. The Labute approximate surface area is 188 Å². The molecule has 4 aliphatic carbocycles. The van der Waals surface area contributed by atoms with E-state index < -0.39 is 0 Å². The third-order valence-electron chi connectivity index (χ3n) is 11.9. The summed E-state index contributed by atoms with van der Waals surface area (Å²) in [6, 6.07) is 0. The van der Waals surface area contributed by atoms with Crippen LogP contribution in [0, 0.1) is 58.2 Å². The molecule has 0 radical (unpaired) electrons. The second kappa shape index (κ2) is 8.72. The Kier molecular flexibility index (Phi) is 6.72. The SMILES string of the molecule is CC[C@H](CC[C@@H](C)[C@H]1CC[C@H]2[C@@H]3CCC4C[C@@H](O)CC[C@@]4(C)[C@H]3CC[C@@]12C)C(C)C. The lowest BCUT2D eigenvalue weighted by atomic mass is 9.44. The zero-order valence-corrected chi connectivity index (χ0v) is 21.1. The molecule has 1 N–H and O–H groups in total. The van der Waals surface area contributed by atoms with Gasteiger partial charge in [0.15, 0.2) is 0 Å². The van der Waals surface area contributed by atoms with Gasteiger partial charge in [-0.05, 0) is 122 Å². The number of aliphatic hydroxyl groups excluding tert-OH is 1. The number of hydrogen-bond acceptors (Lipinski definition) is 1. The predicted octanol–water partition coefficient (Wildman–Crippen LogP) is 8.10. The molecule has 30 heavy (non-hydrogen) atoms. The fourth-order valence-corrected chi connectivity index (χ4v) is 9.90. The Hall–Kier alpha value is -0.0400. The molecule has 174 valence electrons. The first-order valence-corrected chi connectivity index (χ1v) is 13.9. The van der Waals surface area contributed by atoms with Gasteiger partial charge in [0, 0.05) is 0 Å². The van der Waals surface area contributed by atoms with Crippen molar-refractivity contribution in [1.29, 1.82) is 0 Å². The molecule has 0 heterocycles. The minimum Gasteiger partial charge on any atom is -0.393 e. The molecule has 4 fully saturated rings. The summed E-state index contributed by atoms with van der Waals surface area (Å²) >= 11 is 0. The summed E-state index contributed by atoms with van der Waals surface area (Å²) in [6.45, 7) is 15.2. The highest BCUT2D eigenvalue weighted by molar-refractivity contribution is 5.09. The molecule has 0 aromatic rings. The summed E-state index contributed by atoms with van der Waals surface area (Å²) in [4.78, 5) is 0. The van der Waals surface area contributed by atoms with Gasteiger partial charge in [0.1, 0.15) is 0 Å². The van der Waals surface area contributed by atoms with Gasteiger partial charge in [-0.2, -0.15) is 0 Å². The highest BCUT2D eigenvalue weighted by Crippen LogP contribution is 2.68. The summed E-state index contributed by atoms with van der Waals surface area (Å²) in [6.07, 6.45) is 16.5. The monoisotopic (exact) mass is 416 g/mol. The van der Waals surface area contributed by atoms with Crippen LogP contribution in [0.3, 0.4) is 0 Å². The average Bonchev–Trinajstić information content (AvgIpc) is 3.06. The Bertz CT molecular complexity index is 583. The molecule has 0 bridgehead atoms. The standard InChI is InChI=1S/C29H52O/c1-7-21(19(2)3)9-8-20(4)25-12-13-26-24-11-10-22-18-23(30)14-16-28(22,5)27(24)15-17-29(25,26)6/h19-27,30H,7-18H2,1-6H3/t20-,21-,22?,23+,24+,25-,26+,27+,28-,29+/m1/s1. The fraction of sp³-hybridized carbons (Fsp3) is 1.00. The predicted molar refractivity (Wildman–Crippen MR) is 128 cm³/mol. The van der Waals surface area contributed by atoms with Gasteiger partial charge < -0.3 is 5.11 Å². The van der Waals surface area contributed by atoms with Crippen LogP contribution >= 0.6 is 0 Å². The number of aliphatic hydroxyl groups is 1. The lowest BCUT2D eigenvalue weighted by Crippen LogP contribution is -2.54. The Morgan fingerprint density at radius 1 is 0.833 bits per heavy atom. The van der Waals surface area contributed by atoms with Crippen molar-refractivity contribution in [1.82, 2.24) is 0 Å². The van der Waals surface area contributed by atoms with Crippen LogP contribution in [0.25, 0.3) is 0 Å². The molecule has 0 saturated heterocycles. The van der Waals surface area contributed by atoms with Gasteiger partial charge in [0.25, 0.3) is 0 Å². The van der Waals surface area contributed by atoms with Gasteiger partial charge >= 0.3 is 0 Å². The van der Waals surface area contributed by atoms with Crippen LogP contribution < -0.4 is 0 Å². The third kappa shape index (κ3) is 3.82. The van der Waals surface area contributed by atoms with E-state index in [2.05, 4.69) is 41.5 Å². The molecule has 0 spiro atoms. The molecule has 0 aliphatic heterocycles. The average molecular weight is 417 g/mol. The zero-order valence-electron chi connectivity index (χ0n) is 21.1. The highest BCUT2D eigenvalue weighted by atomic mass is 16.3. The van der Waals surface area contributed by atoms with Crippen LogP contribution in [0.15, 0.2) is 0 Å². The summed E-state index contributed by atoms with van der Waals surface area (Å²) in [5, 5.41) is 10.3. The van der Waals surface area contributed by atoms with Crippen LogP contribution in [-0.2, 0) is 0 Å². The van der Waals surface area contributed by atoms with Crippen molar-refractivity contribution in [3.63, 3.8) is 0 Å². The van der Waals surface area contributed by atoms with Crippen LogP contribution in [0.2, 0.25) is 0 Å². The summed E-state index contributed by atoms with van der Waals surface area (Å²) < 4.78 is 0. The van der Waals surface area contributed by atoms with Gasteiger partial charge in [-0.25, -0.2) is 0 Å². The minimum absolute atomic E-state index is 0.0111. The van der Waals surface area contributed by atoms with E-state index in [1.165, 1.54) is 64.2 Å². The van der Waals surface area contributed by atoms with Crippen LogP contribution in [0.1, 0.15) is 119 Å². The number of hydrogen-bond donors (Lipinski definition) is 1. The highest BCUT2D eigenvalue weighted by Gasteiger charge is 2.60. The third-order valence-corrected chi connectivity index (χ3v) is 11.9. The molecule has 1 unspecified atom stereocenters. The van der Waals surface area contributed by atoms with E-state index in [1.54, 1.807) is 0 Å². The lowest BCUT2D eigenvalue weighted by Gasteiger charge is -2.61. The topological polar surface area (TPSA) is 20.2 Å². The van der Waals surface area contributed by atoms with E-state index in [4.69, 9.17) is 0 Å². The van der Waals surface area contributed by atoms with Crippen molar-refractivity contribution in [2.45, 2.75) is 125 Å². The zero-order chi connectivity index (χ0) is 21.7.